The van der Waals surface area contributed by atoms with Crippen molar-refractivity contribution in [3.63, 3.8) is 0 Å². The van der Waals surface area contributed by atoms with E-state index in [1.54, 1.807) is 36.4 Å². The lowest BCUT2D eigenvalue weighted by Crippen LogP contribution is -2.20. The van der Waals surface area contributed by atoms with E-state index in [9.17, 15) is 14.4 Å². The second-order valence-corrected chi connectivity index (χ2v) is 8.20. The van der Waals surface area contributed by atoms with Crippen LogP contribution in [0.4, 0.5) is 10.8 Å². The third kappa shape index (κ3) is 6.68. The number of ketones is 1. The van der Waals surface area contributed by atoms with E-state index in [0.717, 1.165) is 0 Å². The van der Waals surface area contributed by atoms with Crippen molar-refractivity contribution in [1.82, 2.24) is 10.2 Å². The molecule has 30 heavy (non-hydrogen) atoms. The number of carbonyl (C=O) groups excluding carboxylic acids is 3. The summed E-state index contributed by atoms with van der Waals surface area (Å²) in [7, 11) is 0. The molecular formula is C20H18N4O4S2. The number of ether oxygens (including phenoxy) is 1. The van der Waals surface area contributed by atoms with E-state index in [2.05, 4.69) is 20.8 Å². The molecule has 154 valence electrons. The number of rotatable bonds is 9. The maximum absolute atomic E-state index is 12.1. The molecule has 0 spiro atoms. The van der Waals surface area contributed by atoms with E-state index in [4.69, 9.17) is 4.74 Å². The van der Waals surface area contributed by atoms with Crippen LogP contribution in [0, 0.1) is 0 Å². The standard InChI is InChI=1S/C20H18N4O4S2/c1-13(25)14-6-5-7-15(10-14)21-18(27)12-29-20-24-23-19(30-20)22-17(26)11-28-16-8-3-2-4-9-16/h2-10H,11-12H2,1H3,(H,21,27)(H,22,23,26). The second-order valence-electron chi connectivity index (χ2n) is 6.00. The summed E-state index contributed by atoms with van der Waals surface area (Å²) < 4.78 is 5.91. The number of Topliss-reactive ketones (excluding diaryl/α,β-unsaturated/α-hetero) is 1. The van der Waals surface area contributed by atoms with Gasteiger partial charge in [0.25, 0.3) is 5.91 Å². The molecule has 1 aromatic heterocycles. The molecule has 2 amide bonds. The van der Waals surface area contributed by atoms with Gasteiger partial charge < -0.3 is 10.1 Å². The van der Waals surface area contributed by atoms with Crippen molar-refractivity contribution in [2.24, 2.45) is 0 Å². The largest absolute Gasteiger partial charge is 0.484 e. The van der Waals surface area contributed by atoms with E-state index in [1.165, 1.54) is 30.0 Å². The number of hydrogen-bond acceptors (Lipinski definition) is 8. The predicted octanol–water partition coefficient (Wildman–Crippen LogP) is 3.49. The fraction of sp³-hybridized carbons (Fsp3) is 0.150. The highest BCUT2D eigenvalue weighted by atomic mass is 32.2. The maximum atomic E-state index is 12.1. The molecule has 0 aliphatic heterocycles. The Bertz CT molecular complexity index is 1040. The van der Waals surface area contributed by atoms with E-state index in [-0.39, 0.29) is 30.0 Å². The number of aromatic nitrogens is 2. The Morgan fingerprint density at radius 1 is 1.00 bits per heavy atom. The Kier molecular flexibility index (Phi) is 7.52. The van der Waals surface area contributed by atoms with Gasteiger partial charge in [0.15, 0.2) is 16.7 Å². The molecule has 0 radical (unpaired) electrons. The summed E-state index contributed by atoms with van der Waals surface area (Å²) in [5.41, 5.74) is 1.08. The molecule has 10 heteroatoms. The molecule has 0 saturated heterocycles. The van der Waals surface area contributed by atoms with Crippen molar-refractivity contribution in [3.8, 4) is 5.75 Å². The van der Waals surface area contributed by atoms with Gasteiger partial charge in [-0.2, -0.15) is 0 Å². The van der Waals surface area contributed by atoms with E-state index >= 15 is 0 Å². The lowest BCUT2D eigenvalue weighted by atomic mass is 10.1. The summed E-state index contributed by atoms with van der Waals surface area (Å²) in [5.74, 6) is 0.0516. The van der Waals surface area contributed by atoms with Crippen LogP contribution >= 0.6 is 23.1 Å². The number of para-hydroxylation sites is 1. The van der Waals surface area contributed by atoms with Crippen LogP contribution in [0.25, 0.3) is 0 Å². The zero-order valence-corrected chi connectivity index (χ0v) is 17.6. The minimum atomic E-state index is -0.352. The van der Waals surface area contributed by atoms with Gasteiger partial charge in [0.1, 0.15) is 5.75 Å². The molecule has 0 bridgehead atoms. The van der Waals surface area contributed by atoms with Crippen molar-refractivity contribution >= 4 is 51.5 Å². The van der Waals surface area contributed by atoms with Gasteiger partial charge >= 0.3 is 0 Å². The third-order valence-corrected chi connectivity index (χ3v) is 5.62. The first-order chi connectivity index (χ1) is 14.5. The molecule has 1 heterocycles. The van der Waals surface area contributed by atoms with Gasteiger partial charge in [-0.25, -0.2) is 0 Å². The number of nitrogens with zero attached hydrogens (tertiary/aromatic N) is 2. The van der Waals surface area contributed by atoms with Crippen LogP contribution in [0.1, 0.15) is 17.3 Å². The average Bonchev–Trinajstić information content (AvgIpc) is 3.19. The topological polar surface area (TPSA) is 110 Å². The second kappa shape index (κ2) is 10.5. The van der Waals surface area contributed by atoms with Gasteiger partial charge in [-0.3, -0.25) is 19.7 Å². The zero-order valence-electron chi connectivity index (χ0n) is 16.0. The van der Waals surface area contributed by atoms with Gasteiger partial charge in [-0.1, -0.05) is 53.4 Å². The van der Waals surface area contributed by atoms with Crippen LogP contribution in [0.15, 0.2) is 58.9 Å². The number of anilines is 2. The van der Waals surface area contributed by atoms with Crippen LogP contribution in [0.5, 0.6) is 5.75 Å². The van der Waals surface area contributed by atoms with E-state index in [1.807, 2.05) is 18.2 Å². The van der Waals surface area contributed by atoms with Crippen molar-refractivity contribution in [3.05, 3.63) is 60.2 Å². The molecule has 2 aromatic carbocycles. The minimum Gasteiger partial charge on any atom is -0.484 e. The zero-order chi connectivity index (χ0) is 21.3. The smallest absolute Gasteiger partial charge is 0.264 e. The SMILES string of the molecule is CC(=O)c1cccc(NC(=O)CSc2nnc(NC(=O)COc3ccccc3)s2)c1. The summed E-state index contributed by atoms with van der Waals surface area (Å²) in [6, 6.07) is 15.7. The normalized spacial score (nSPS) is 10.3. The number of amides is 2. The molecule has 0 aliphatic rings. The van der Waals surface area contributed by atoms with E-state index in [0.29, 0.717) is 26.5 Å². The Labute approximate surface area is 181 Å². The monoisotopic (exact) mass is 442 g/mol. The molecule has 3 aromatic rings. The lowest BCUT2D eigenvalue weighted by Gasteiger charge is -2.05. The highest BCUT2D eigenvalue weighted by Gasteiger charge is 2.11. The van der Waals surface area contributed by atoms with Crippen LogP contribution < -0.4 is 15.4 Å². The summed E-state index contributed by atoms with van der Waals surface area (Å²) in [4.78, 5) is 35.5. The van der Waals surface area contributed by atoms with E-state index < -0.39 is 0 Å². The van der Waals surface area contributed by atoms with Crippen LogP contribution in [0.3, 0.4) is 0 Å². The van der Waals surface area contributed by atoms with Crippen molar-refractivity contribution < 1.29 is 19.1 Å². The highest BCUT2D eigenvalue weighted by molar-refractivity contribution is 8.01. The Balaban J connectivity index is 1.43. The Morgan fingerprint density at radius 2 is 1.80 bits per heavy atom. The van der Waals surface area contributed by atoms with Gasteiger partial charge in [-0.05, 0) is 31.2 Å². The number of thioether (sulfide) groups is 1. The molecule has 0 atom stereocenters. The van der Waals surface area contributed by atoms with Gasteiger partial charge in [0, 0.05) is 11.3 Å². The Hall–Kier alpha value is -3.24. The third-order valence-electron chi connectivity index (χ3n) is 3.65. The molecule has 0 aliphatic carbocycles. The molecule has 0 unspecified atom stereocenters. The highest BCUT2D eigenvalue weighted by Crippen LogP contribution is 2.25. The molecule has 0 fully saturated rings. The van der Waals surface area contributed by atoms with Crippen molar-refractivity contribution in [2.45, 2.75) is 11.3 Å². The minimum absolute atomic E-state index is 0.0712. The van der Waals surface area contributed by atoms with Gasteiger partial charge in [0.05, 0.1) is 5.75 Å². The van der Waals surface area contributed by atoms with Crippen molar-refractivity contribution in [2.75, 3.05) is 23.0 Å². The average molecular weight is 443 g/mol. The van der Waals surface area contributed by atoms with Crippen LogP contribution in [0.2, 0.25) is 0 Å². The molecular weight excluding hydrogens is 424 g/mol. The number of carbonyl (C=O) groups is 3. The number of nitrogens with one attached hydrogen (secondary N) is 2. The van der Waals surface area contributed by atoms with Gasteiger partial charge in [0.2, 0.25) is 11.0 Å². The quantitative estimate of drug-likeness (QED) is 0.296. The predicted molar refractivity (Wildman–Crippen MR) is 116 cm³/mol. The summed E-state index contributed by atoms with van der Waals surface area (Å²) in [6.07, 6.45) is 0. The first-order valence-electron chi connectivity index (χ1n) is 8.84. The molecule has 8 nitrogen and oxygen atoms in total. The molecule has 2 N–H and O–H groups in total. The van der Waals surface area contributed by atoms with Gasteiger partial charge in [-0.15, -0.1) is 10.2 Å². The van der Waals surface area contributed by atoms with Crippen molar-refractivity contribution in [1.29, 1.82) is 0 Å². The molecule has 3 rings (SSSR count). The van der Waals surface area contributed by atoms with Crippen LogP contribution in [-0.2, 0) is 9.59 Å². The Morgan fingerprint density at radius 3 is 2.57 bits per heavy atom. The molecule has 0 saturated carbocycles. The summed E-state index contributed by atoms with van der Waals surface area (Å²) in [5, 5.41) is 13.5. The summed E-state index contributed by atoms with van der Waals surface area (Å²) >= 11 is 2.37. The lowest BCUT2D eigenvalue weighted by molar-refractivity contribution is -0.118. The first-order valence-corrected chi connectivity index (χ1v) is 10.6. The fourth-order valence-corrected chi connectivity index (χ4v) is 3.85. The maximum Gasteiger partial charge on any atom is 0.264 e. The number of benzene rings is 2. The first kappa shape index (κ1) is 21.5. The fourth-order valence-electron chi connectivity index (χ4n) is 2.28. The summed E-state index contributed by atoms with van der Waals surface area (Å²) in [6.45, 7) is 1.32. The van der Waals surface area contributed by atoms with Crippen LogP contribution in [-0.4, -0.2) is 40.2 Å². The number of hydrogen-bond donors (Lipinski definition) is 2.